The predicted molar refractivity (Wildman–Crippen MR) is 73.4 cm³/mol. The standard InChI is InChI=1S/C16H16O3/c1-12-4-2-3-5-15(12)16(18)11-19-14-8-6-13(10-17)7-9-14/h2-9,17H,10-11H2,1H3. The Hall–Kier alpha value is -2.13. The largest absolute Gasteiger partial charge is 0.485 e. The van der Waals surface area contributed by atoms with E-state index in [1.165, 1.54) is 0 Å². The molecule has 0 saturated carbocycles. The number of rotatable bonds is 5. The van der Waals surface area contributed by atoms with Crippen LogP contribution in [0.25, 0.3) is 0 Å². The van der Waals surface area contributed by atoms with Gasteiger partial charge in [0.15, 0.2) is 12.4 Å². The molecule has 2 rings (SSSR count). The summed E-state index contributed by atoms with van der Waals surface area (Å²) in [4.78, 5) is 12.0. The summed E-state index contributed by atoms with van der Waals surface area (Å²) in [6.07, 6.45) is 0. The summed E-state index contributed by atoms with van der Waals surface area (Å²) in [7, 11) is 0. The second-order valence-corrected chi connectivity index (χ2v) is 4.33. The molecule has 0 spiro atoms. The Bertz CT molecular complexity index is 558. The normalized spacial score (nSPS) is 10.2. The van der Waals surface area contributed by atoms with Gasteiger partial charge >= 0.3 is 0 Å². The van der Waals surface area contributed by atoms with E-state index in [1.807, 2.05) is 25.1 Å². The molecule has 0 amide bonds. The second kappa shape index (κ2) is 6.16. The third-order valence-corrected chi connectivity index (χ3v) is 2.92. The number of ether oxygens (including phenoxy) is 1. The third kappa shape index (κ3) is 3.42. The molecule has 0 heterocycles. The average molecular weight is 256 g/mol. The monoisotopic (exact) mass is 256 g/mol. The van der Waals surface area contributed by atoms with Crippen LogP contribution in [-0.4, -0.2) is 17.5 Å². The zero-order valence-electron chi connectivity index (χ0n) is 10.8. The van der Waals surface area contributed by atoms with Gasteiger partial charge in [0, 0.05) is 5.56 Å². The first-order valence-electron chi connectivity index (χ1n) is 6.12. The summed E-state index contributed by atoms with van der Waals surface area (Å²) in [6, 6.07) is 14.5. The van der Waals surface area contributed by atoms with Crippen molar-refractivity contribution in [1.29, 1.82) is 0 Å². The van der Waals surface area contributed by atoms with Gasteiger partial charge in [0.25, 0.3) is 0 Å². The van der Waals surface area contributed by atoms with E-state index in [0.29, 0.717) is 11.3 Å². The van der Waals surface area contributed by atoms with Gasteiger partial charge in [-0.05, 0) is 30.2 Å². The van der Waals surface area contributed by atoms with E-state index in [-0.39, 0.29) is 19.0 Å². The smallest absolute Gasteiger partial charge is 0.200 e. The number of Topliss-reactive ketones (excluding diaryl/α,β-unsaturated/α-hetero) is 1. The summed E-state index contributed by atoms with van der Waals surface area (Å²) in [5.41, 5.74) is 2.46. The fourth-order valence-electron chi connectivity index (χ4n) is 1.80. The molecule has 0 aliphatic heterocycles. The molecular formula is C16H16O3. The lowest BCUT2D eigenvalue weighted by atomic mass is 10.1. The maximum Gasteiger partial charge on any atom is 0.200 e. The number of ketones is 1. The van der Waals surface area contributed by atoms with Crippen molar-refractivity contribution in [2.45, 2.75) is 13.5 Å². The SMILES string of the molecule is Cc1ccccc1C(=O)COc1ccc(CO)cc1. The third-order valence-electron chi connectivity index (χ3n) is 2.92. The Morgan fingerprint density at radius 1 is 1.11 bits per heavy atom. The Labute approximate surface area is 112 Å². The molecule has 0 bridgehead atoms. The molecule has 3 heteroatoms. The van der Waals surface area contributed by atoms with Crippen molar-refractivity contribution < 1.29 is 14.6 Å². The number of aliphatic hydroxyl groups is 1. The van der Waals surface area contributed by atoms with Gasteiger partial charge < -0.3 is 9.84 Å². The van der Waals surface area contributed by atoms with Crippen LogP contribution >= 0.6 is 0 Å². The fraction of sp³-hybridized carbons (Fsp3) is 0.188. The van der Waals surface area contributed by atoms with E-state index in [0.717, 1.165) is 11.1 Å². The molecule has 3 nitrogen and oxygen atoms in total. The number of carbonyl (C=O) groups is 1. The number of hydrogen-bond donors (Lipinski definition) is 1. The van der Waals surface area contributed by atoms with Crippen molar-refractivity contribution in [2.24, 2.45) is 0 Å². The molecule has 0 unspecified atom stereocenters. The van der Waals surface area contributed by atoms with Crippen molar-refractivity contribution in [3.63, 3.8) is 0 Å². The van der Waals surface area contributed by atoms with Crippen LogP contribution in [0, 0.1) is 6.92 Å². The van der Waals surface area contributed by atoms with Gasteiger partial charge in [0.2, 0.25) is 0 Å². The van der Waals surface area contributed by atoms with Crippen LogP contribution in [0.3, 0.4) is 0 Å². The molecule has 0 aromatic heterocycles. The van der Waals surface area contributed by atoms with Crippen LogP contribution in [-0.2, 0) is 6.61 Å². The summed E-state index contributed by atoms with van der Waals surface area (Å²) in [5, 5.41) is 8.93. The molecule has 1 N–H and O–H groups in total. The van der Waals surface area contributed by atoms with Crippen LogP contribution in [0.15, 0.2) is 48.5 Å². The molecule has 0 aliphatic carbocycles. The lowest BCUT2D eigenvalue weighted by Crippen LogP contribution is -2.12. The van der Waals surface area contributed by atoms with Crippen LogP contribution in [0.4, 0.5) is 0 Å². The molecule has 2 aromatic rings. The van der Waals surface area contributed by atoms with Crippen molar-refractivity contribution in [1.82, 2.24) is 0 Å². The lowest BCUT2D eigenvalue weighted by Gasteiger charge is -2.07. The van der Waals surface area contributed by atoms with E-state index in [2.05, 4.69) is 0 Å². The molecule has 0 atom stereocenters. The molecule has 2 aromatic carbocycles. The molecule has 98 valence electrons. The number of aryl methyl sites for hydroxylation is 1. The second-order valence-electron chi connectivity index (χ2n) is 4.33. The summed E-state index contributed by atoms with van der Waals surface area (Å²) >= 11 is 0. The van der Waals surface area contributed by atoms with Crippen molar-refractivity contribution in [2.75, 3.05) is 6.61 Å². The molecule has 0 saturated heterocycles. The van der Waals surface area contributed by atoms with Crippen molar-refractivity contribution >= 4 is 5.78 Å². The Kier molecular flexibility index (Phi) is 4.31. The van der Waals surface area contributed by atoms with Gasteiger partial charge in [-0.25, -0.2) is 0 Å². The zero-order chi connectivity index (χ0) is 13.7. The highest BCUT2D eigenvalue weighted by Gasteiger charge is 2.09. The number of benzene rings is 2. The minimum absolute atomic E-state index is 0.00240. The summed E-state index contributed by atoms with van der Waals surface area (Å²) in [5.74, 6) is 0.587. The van der Waals surface area contributed by atoms with Gasteiger partial charge in [0.05, 0.1) is 6.61 Å². The first-order valence-corrected chi connectivity index (χ1v) is 6.12. The summed E-state index contributed by atoms with van der Waals surface area (Å²) < 4.78 is 5.45. The van der Waals surface area contributed by atoms with Gasteiger partial charge in [-0.2, -0.15) is 0 Å². The van der Waals surface area contributed by atoms with Crippen LogP contribution in [0.2, 0.25) is 0 Å². The summed E-state index contributed by atoms with van der Waals surface area (Å²) in [6.45, 7) is 1.93. The maximum atomic E-state index is 12.0. The Balaban J connectivity index is 1.98. The average Bonchev–Trinajstić information content (AvgIpc) is 2.46. The fourth-order valence-corrected chi connectivity index (χ4v) is 1.80. The van der Waals surface area contributed by atoms with Gasteiger partial charge in [-0.3, -0.25) is 4.79 Å². The van der Waals surface area contributed by atoms with E-state index < -0.39 is 0 Å². The molecule has 19 heavy (non-hydrogen) atoms. The highest BCUT2D eigenvalue weighted by Crippen LogP contribution is 2.13. The van der Waals surface area contributed by atoms with Crippen LogP contribution in [0.5, 0.6) is 5.75 Å². The first-order chi connectivity index (χ1) is 9.20. The lowest BCUT2D eigenvalue weighted by molar-refractivity contribution is 0.0921. The molecule has 0 fully saturated rings. The number of aliphatic hydroxyl groups excluding tert-OH is 1. The van der Waals surface area contributed by atoms with E-state index in [1.54, 1.807) is 30.3 Å². The predicted octanol–water partition coefficient (Wildman–Crippen LogP) is 2.75. The molecular weight excluding hydrogens is 240 g/mol. The molecule has 0 aliphatic rings. The number of carbonyl (C=O) groups excluding carboxylic acids is 1. The highest BCUT2D eigenvalue weighted by atomic mass is 16.5. The molecule has 0 radical (unpaired) electrons. The van der Waals surface area contributed by atoms with Crippen molar-refractivity contribution in [3.8, 4) is 5.75 Å². The minimum Gasteiger partial charge on any atom is -0.485 e. The van der Waals surface area contributed by atoms with Gasteiger partial charge in [0.1, 0.15) is 5.75 Å². The Morgan fingerprint density at radius 2 is 1.79 bits per heavy atom. The minimum atomic E-state index is -0.0377. The first kappa shape index (κ1) is 13.3. The van der Waals surface area contributed by atoms with Crippen LogP contribution in [0.1, 0.15) is 21.5 Å². The number of hydrogen-bond acceptors (Lipinski definition) is 3. The van der Waals surface area contributed by atoms with E-state index >= 15 is 0 Å². The zero-order valence-corrected chi connectivity index (χ0v) is 10.8. The van der Waals surface area contributed by atoms with Gasteiger partial charge in [-0.15, -0.1) is 0 Å². The van der Waals surface area contributed by atoms with Crippen molar-refractivity contribution in [3.05, 3.63) is 65.2 Å². The maximum absolute atomic E-state index is 12.0. The quantitative estimate of drug-likeness (QED) is 0.837. The highest BCUT2D eigenvalue weighted by molar-refractivity contribution is 5.98. The van der Waals surface area contributed by atoms with Crippen LogP contribution < -0.4 is 4.74 Å². The Morgan fingerprint density at radius 3 is 2.42 bits per heavy atom. The van der Waals surface area contributed by atoms with Gasteiger partial charge in [-0.1, -0.05) is 36.4 Å². The van der Waals surface area contributed by atoms with E-state index in [4.69, 9.17) is 9.84 Å². The topological polar surface area (TPSA) is 46.5 Å². The van der Waals surface area contributed by atoms with E-state index in [9.17, 15) is 4.79 Å².